The Morgan fingerprint density at radius 2 is 0.194 bits per heavy atom. The molecule has 0 radical (unpaired) electrons. The molecule has 0 aromatic carbocycles. The zero-order valence-electron chi connectivity index (χ0n) is 66.7. The first-order valence-electron chi connectivity index (χ1n) is 45.5. The number of aldehydes is 1. The summed E-state index contributed by atoms with van der Waals surface area (Å²) in [6, 6.07) is 0. The van der Waals surface area contributed by atoms with Crippen molar-refractivity contribution in [1.82, 2.24) is 0 Å². The van der Waals surface area contributed by atoms with Crippen LogP contribution in [0.3, 0.4) is 0 Å². The molecule has 0 atom stereocenters. The van der Waals surface area contributed by atoms with Gasteiger partial charge in [-0.1, -0.05) is 416 Å². The second-order valence-corrected chi connectivity index (χ2v) is 31.8. The summed E-state index contributed by atoms with van der Waals surface area (Å²) in [7, 11) is 0. The Morgan fingerprint density at radius 1 is 0.112 bits per heavy atom. The fraction of sp³-hybridized carbons (Fsp3) is 0.844. The maximum absolute atomic E-state index is 10.4. The van der Waals surface area contributed by atoms with Crippen molar-refractivity contribution in [3.8, 4) is 0 Å². The van der Waals surface area contributed by atoms with Crippen LogP contribution in [0.25, 0.3) is 0 Å². The van der Waals surface area contributed by atoms with Crippen molar-refractivity contribution in [2.24, 2.45) is 0 Å². The second-order valence-electron chi connectivity index (χ2n) is 31.0. The van der Waals surface area contributed by atoms with Gasteiger partial charge < -0.3 is 4.79 Å². The molecule has 0 amide bonds. The fourth-order valence-corrected chi connectivity index (χ4v) is 14.7. The number of hydrogen-bond acceptors (Lipinski definition) is 1. The summed E-state index contributed by atoms with van der Waals surface area (Å²) < 4.78 is 0. The average Bonchev–Trinajstić information content (AvgIpc) is 3.63. The smallest absolute Gasteiger partial charge is 0.119 e. The topological polar surface area (TPSA) is 17.1 Å². The Labute approximate surface area is 627 Å². The number of rotatable bonds is 88. The van der Waals surface area contributed by atoms with Crippen molar-refractivity contribution in [1.29, 1.82) is 0 Å². The van der Waals surface area contributed by atoms with E-state index in [2.05, 4.69) is 101 Å². The van der Waals surface area contributed by atoms with Crippen molar-refractivity contribution in [3.05, 3.63) is 85.1 Å². The van der Waals surface area contributed by atoms with E-state index < -0.39 is 0 Å². The summed E-state index contributed by atoms with van der Waals surface area (Å²) in [4.78, 5) is 10.4. The van der Waals surface area contributed by atoms with E-state index in [1.54, 1.807) is 0 Å². The fourth-order valence-electron chi connectivity index (χ4n) is 14.3. The highest BCUT2D eigenvalue weighted by Gasteiger charge is 2.00. The van der Waals surface area contributed by atoms with E-state index in [4.69, 9.17) is 0 Å². The van der Waals surface area contributed by atoms with Gasteiger partial charge >= 0.3 is 0 Å². The van der Waals surface area contributed by atoms with Crippen LogP contribution < -0.4 is 0 Å². The highest BCUT2D eigenvalue weighted by atomic mass is 79.9. The summed E-state index contributed by atoms with van der Waals surface area (Å²) in [5.41, 5.74) is 0. The van der Waals surface area contributed by atoms with Gasteiger partial charge in [-0.15, -0.1) is 0 Å². The summed E-state index contributed by atoms with van der Waals surface area (Å²) in [6.45, 7) is 0. The first-order valence-corrected chi connectivity index (χ1v) is 46.6. The van der Waals surface area contributed by atoms with Gasteiger partial charge in [0.15, 0.2) is 0 Å². The lowest BCUT2D eigenvalue weighted by Crippen LogP contribution is -1.82. The lowest BCUT2D eigenvalue weighted by molar-refractivity contribution is -0.107. The van der Waals surface area contributed by atoms with Gasteiger partial charge in [-0.05, 0) is 193 Å². The number of halogens is 1. The van der Waals surface area contributed by atoms with Crippen LogP contribution in [0.5, 0.6) is 0 Å². The number of alkyl halides is 1. The Bertz CT molecular complexity index is 1630. The van der Waals surface area contributed by atoms with Gasteiger partial charge in [-0.25, -0.2) is 0 Å². The lowest BCUT2D eigenvalue weighted by atomic mass is 10.0. The number of hydrogen-bond donors (Lipinski definition) is 0. The molecule has 0 saturated carbocycles. The van der Waals surface area contributed by atoms with Crippen LogP contribution in [0.2, 0.25) is 0 Å². The van der Waals surface area contributed by atoms with Crippen LogP contribution >= 0.6 is 15.9 Å². The molecule has 0 bridgehead atoms. The predicted octanol–water partition coefficient (Wildman–Crippen LogP) is 35.7. The molecule has 1 nitrogen and oxygen atoms in total. The zero-order chi connectivity index (χ0) is 69.9. The Hall–Kier alpha value is -1.67. The predicted molar refractivity (Wildman–Crippen MR) is 453 cm³/mol. The van der Waals surface area contributed by atoms with Crippen LogP contribution in [0.1, 0.15) is 514 Å². The van der Waals surface area contributed by atoms with Crippen LogP contribution in [-0.2, 0) is 4.79 Å². The maximum atomic E-state index is 10.4. The molecule has 98 heavy (non-hydrogen) atoms. The minimum absolute atomic E-state index is 0.752. The minimum atomic E-state index is 0.752. The number of unbranched alkanes of at least 4 members (excludes halogenated alkanes) is 72. The molecule has 0 N–H and O–H groups in total. The van der Waals surface area contributed by atoms with Crippen LogP contribution in [0.15, 0.2) is 85.1 Å². The van der Waals surface area contributed by atoms with E-state index in [1.807, 2.05) is 0 Å². The minimum Gasteiger partial charge on any atom is -0.303 e. The Morgan fingerprint density at radius 3 is 0.286 bits per heavy atom. The molecule has 0 spiro atoms. The number of carbonyl (C=O) groups is 1. The Balaban J connectivity index is 3.22. The molecule has 0 unspecified atom stereocenters. The monoisotopic (exact) mass is 1430 g/mol. The third-order valence-electron chi connectivity index (χ3n) is 21.1. The van der Waals surface area contributed by atoms with E-state index >= 15 is 0 Å². The van der Waals surface area contributed by atoms with E-state index in [0.717, 1.165) is 19.1 Å². The molecule has 574 valence electrons. The first kappa shape index (κ1) is 96.3. The standard InChI is InChI=1S/C96H177BrO/c97-95-93-91-89-87-85-83-81-79-77-75-73-71-69-67-65-63-61-59-57-55-53-51-49-47-45-43-41-39-37-35-33-31-29-27-25-23-21-19-17-15-13-11-9-7-5-3-1-2-4-6-8-10-12-14-16-18-20-22-24-26-28-30-32-34-36-38-40-42-44-46-48-50-52-54-56-58-60-62-64-66-68-70-72-74-76-78-80-82-84-86-88-90-92-94-96-98/h1-2,23-26,47-50,71-74,96H,3-22,27-46,51-70,75-95H2/b2-1+,25-23+,26-24+,49-47+,50-48+,73-71+,74-72+. The molecule has 0 heterocycles. The molecule has 0 saturated heterocycles. The summed E-state index contributed by atoms with van der Waals surface area (Å²) >= 11 is 3.53. The molecular formula is C96H177BrO. The molecule has 2 heteroatoms. The van der Waals surface area contributed by atoms with Crippen molar-refractivity contribution < 1.29 is 4.79 Å². The molecule has 0 aliphatic heterocycles. The summed E-state index contributed by atoms with van der Waals surface area (Å²) in [5.74, 6) is 0. The number of allylic oxidation sites excluding steroid dienone is 14. The van der Waals surface area contributed by atoms with Crippen LogP contribution in [0, 0.1) is 0 Å². The van der Waals surface area contributed by atoms with Gasteiger partial charge in [0.05, 0.1) is 0 Å². The van der Waals surface area contributed by atoms with Crippen molar-refractivity contribution >= 4 is 22.2 Å². The van der Waals surface area contributed by atoms with E-state index in [1.165, 1.54) is 506 Å². The average molecular weight is 1430 g/mol. The normalized spacial score (nSPS) is 12.3. The van der Waals surface area contributed by atoms with E-state index in [9.17, 15) is 4.79 Å². The van der Waals surface area contributed by atoms with Crippen molar-refractivity contribution in [2.45, 2.75) is 514 Å². The molecule has 0 aliphatic rings. The van der Waals surface area contributed by atoms with Gasteiger partial charge in [-0.2, -0.15) is 0 Å². The largest absolute Gasteiger partial charge is 0.303 e. The van der Waals surface area contributed by atoms with Crippen LogP contribution in [-0.4, -0.2) is 11.6 Å². The quantitative estimate of drug-likeness (QED) is 0.0257. The highest BCUT2D eigenvalue weighted by molar-refractivity contribution is 9.09. The van der Waals surface area contributed by atoms with E-state index in [-0.39, 0.29) is 0 Å². The molecule has 0 aliphatic carbocycles. The van der Waals surface area contributed by atoms with Gasteiger partial charge in [0.1, 0.15) is 6.29 Å². The molecule has 0 aromatic heterocycles. The van der Waals surface area contributed by atoms with Crippen molar-refractivity contribution in [2.75, 3.05) is 5.33 Å². The van der Waals surface area contributed by atoms with Gasteiger partial charge in [0, 0.05) is 11.8 Å². The Kier molecular flexibility index (Phi) is 93.7. The van der Waals surface area contributed by atoms with Gasteiger partial charge in [0.25, 0.3) is 0 Å². The molecule has 0 aromatic rings. The summed E-state index contributed by atoms with van der Waals surface area (Å²) in [6.07, 6.45) is 146. The third kappa shape index (κ3) is 94.3. The maximum Gasteiger partial charge on any atom is 0.119 e. The van der Waals surface area contributed by atoms with Gasteiger partial charge in [-0.3, -0.25) is 0 Å². The number of carbonyl (C=O) groups excluding carboxylic acids is 1. The SMILES string of the molecule is O=CCCCCCCCCCC/C=C/CCCCCCCCCC/C=C/CCCCCCCCCC/C=C/CCCCCCCCCC/C=C/CCCCCCCCCC/C=C/CCCCCCCCCC/C=C/CCCCCCCCCC/C=C/CCCCCCCCCCCBr. The third-order valence-corrected chi connectivity index (χ3v) is 21.6. The summed E-state index contributed by atoms with van der Waals surface area (Å²) in [5, 5.41) is 1.18. The second kappa shape index (κ2) is 95.3. The van der Waals surface area contributed by atoms with Gasteiger partial charge in [0.2, 0.25) is 0 Å². The van der Waals surface area contributed by atoms with E-state index in [0.29, 0.717) is 0 Å². The van der Waals surface area contributed by atoms with Crippen molar-refractivity contribution in [3.63, 3.8) is 0 Å². The molecule has 0 fully saturated rings. The highest BCUT2D eigenvalue weighted by Crippen LogP contribution is 2.20. The molecule has 0 rings (SSSR count). The first-order chi connectivity index (χ1) is 48.9. The molecular weight excluding hydrogens is 1250 g/mol. The lowest BCUT2D eigenvalue weighted by Gasteiger charge is -2.02. The van der Waals surface area contributed by atoms with Crippen LogP contribution in [0.4, 0.5) is 0 Å². The zero-order valence-corrected chi connectivity index (χ0v) is 68.3.